The van der Waals surface area contributed by atoms with Crippen LogP contribution in [0, 0.1) is 0 Å². The van der Waals surface area contributed by atoms with Crippen LogP contribution >= 0.6 is 22.7 Å². The molecule has 1 aliphatic heterocycles. The second kappa shape index (κ2) is 8.86. The van der Waals surface area contributed by atoms with Gasteiger partial charge in [0.25, 0.3) is 5.91 Å². The Morgan fingerprint density at radius 1 is 1.33 bits per heavy atom. The molecule has 0 aromatic carbocycles. The van der Waals surface area contributed by atoms with Crippen LogP contribution in [0.15, 0.2) is 6.07 Å². The molecule has 0 spiro atoms. The maximum absolute atomic E-state index is 12.6. The van der Waals surface area contributed by atoms with Gasteiger partial charge in [-0.15, -0.1) is 11.3 Å². The molecule has 1 aliphatic rings. The van der Waals surface area contributed by atoms with Gasteiger partial charge in [-0.3, -0.25) is 9.69 Å². The highest BCUT2D eigenvalue weighted by Gasteiger charge is 2.26. The van der Waals surface area contributed by atoms with Gasteiger partial charge in [0.05, 0.1) is 21.8 Å². The summed E-state index contributed by atoms with van der Waals surface area (Å²) in [5, 5.41) is 4.13. The number of aromatic nitrogens is 1. The van der Waals surface area contributed by atoms with Crippen LogP contribution in [0.2, 0.25) is 0 Å². The monoisotopic (exact) mass is 410 g/mol. The molecule has 27 heavy (non-hydrogen) atoms. The van der Waals surface area contributed by atoms with Crippen molar-refractivity contribution in [3.05, 3.63) is 10.9 Å². The number of hydrogen-bond donors (Lipinski definition) is 1. The predicted molar refractivity (Wildman–Crippen MR) is 114 cm³/mol. The number of nitrogens with one attached hydrogen (secondary N) is 1. The van der Waals surface area contributed by atoms with Crippen molar-refractivity contribution in [2.75, 3.05) is 37.6 Å². The number of thiazole rings is 1. The first-order valence-corrected chi connectivity index (χ1v) is 11.4. The molecule has 0 bridgehead atoms. The Morgan fingerprint density at radius 3 is 2.59 bits per heavy atom. The number of morpholine rings is 1. The lowest BCUT2D eigenvalue weighted by Gasteiger charge is -2.38. The van der Waals surface area contributed by atoms with Gasteiger partial charge in [-0.2, -0.15) is 0 Å². The van der Waals surface area contributed by atoms with Gasteiger partial charge in [0.2, 0.25) is 0 Å². The van der Waals surface area contributed by atoms with Gasteiger partial charge in [-0.05, 0) is 40.7 Å². The van der Waals surface area contributed by atoms with E-state index in [1.807, 2.05) is 6.07 Å². The minimum atomic E-state index is -0.00389. The number of nitrogens with zero attached hydrogens (tertiary/aromatic N) is 3. The third-order valence-corrected chi connectivity index (χ3v) is 7.19. The fraction of sp³-hybridized carbons (Fsp3) is 0.684. The van der Waals surface area contributed by atoms with Crippen molar-refractivity contribution in [1.29, 1.82) is 0 Å². The Bertz CT molecular complexity index is 729. The number of anilines is 1. The number of ether oxygens (including phenoxy) is 1. The van der Waals surface area contributed by atoms with Gasteiger partial charge in [-0.25, -0.2) is 4.98 Å². The second-order valence-corrected chi connectivity index (χ2v) is 9.26. The topological polar surface area (TPSA) is 57.7 Å². The summed E-state index contributed by atoms with van der Waals surface area (Å²) in [6, 6.07) is 2.26. The summed E-state index contributed by atoms with van der Waals surface area (Å²) in [6.07, 6.45) is 0.476. The molecule has 0 aliphatic carbocycles. The lowest BCUT2D eigenvalue weighted by atomic mass is 10.1. The molecule has 2 aromatic rings. The number of amides is 1. The van der Waals surface area contributed by atoms with Gasteiger partial charge in [0.1, 0.15) is 4.83 Å². The summed E-state index contributed by atoms with van der Waals surface area (Å²) in [4.78, 5) is 23.6. The average Bonchev–Trinajstić information content (AvgIpc) is 3.18. The molecule has 3 atom stereocenters. The summed E-state index contributed by atoms with van der Waals surface area (Å²) >= 11 is 3.14. The Hall–Kier alpha value is -1.22. The van der Waals surface area contributed by atoms with Gasteiger partial charge >= 0.3 is 0 Å². The largest absolute Gasteiger partial charge is 0.373 e. The molecule has 150 valence electrons. The third kappa shape index (κ3) is 4.80. The predicted octanol–water partition coefficient (Wildman–Crippen LogP) is 3.43. The van der Waals surface area contributed by atoms with E-state index in [1.54, 1.807) is 11.3 Å². The summed E-state index contributed by atoms with van der Waals surface area (Å²) in [6.45, 7) is 15.0. The maximum atomic E-state index is 12.6. The fourth-order valence-corrected chi connectivity index (χ4v) is 5.75. The SMILES string of the molecule is CCN(CC)c1nc2sc(C(=O)NC[C@H](C)N3C[C@@H](C)O[C@H](C)C3)cc2s1. The van der Waals surface area contributed by atoms with Gasteiger partial charge < -0.3 is 15.0 Å². The van der Waals surface area contributed by atoms with Crippen LogP contribution < -0.4 is 10.2 Å². The van der Waals surface area contributed by atoms with Crippen molar-refractivity contribution in [3.8, 4) is 0 Å². The van der Waals surface area contributed by atoms with Crippen LogP contribution in [-0.4, -0.2) is 66.8 Å². The Balaban J connectivity index is 1.58. The summed E-state index contributed by atoms with van der Waals surface area (Å²) in [5.41, 5.74) is 0. The van der Waals surface area contributed by atoms with Crippen molar-refractivity contribution in [2.24, 2.45) is 0 Å². The molecule has 3 heterocycles. The molecule has 2 aromatic heterocycles. The summed E-state index contributed by atoms with van der Waals surface area (Å²) < 4.78 is 6.89. The van der Waals surface area contributed by atoms with Crippen molar-refractivity contribution in [3.63, 3.8) is 0 Å². The Kier molecular flexibility index (Phi) is 6.73. The highest BCUT2D eigenvalue weighted by molar-refractivity contribution is 7.29. The minimum Gasteiger partial charge on any atom is -0.373 e. The zero-order valence-electron chi connectivity index (χ0n) is 16.8. The maximum Gasteiger partial charge on any atom is 0.261 e. The zero-order valence-corrected chi connectivity index (χ0v) is 18.5. The molecule has 3 rings (SSSR count). The highest BCUT2D eigenvalue weighted by Crippen LogP contribution is 2.34. The van der Waals surface area contributed by atoms with Crippen molar-refractivity contribution < 1.29 is 9.53 Å². The van der Waals surface area contributed by atoms with E-state index < -0.39 is 0 Å². The molecular weight excluding hydrogens is 380 g/mol. The number of thiophene rings is 1. The minimum absolute atomic E-state index is 0.00389. The van der Waals surface area contributed by atoms with Gasteiger partial charge in [0, 0.05) is 38.8 Å². The molecule has 1 N–H and O–H groups in total. The van der Waals surface area contributed by atoms with E-state index in [4.69, 9.17) is 9.72 Å². The summed E-state index contributed by atoms with van der Waals surface area (Å²) in [5.74, 6) is -0.00389. The van der Waals surface area contributed by atoms with E-state index in [2.05, 4.69) is 49.7 Å². The molecule has 1 amide bonds. The van der Waals surface area contributed by atoms with E-state index in [0.29, 0.717) is 6.54 Å². The molecule has 0 unspecified atom stereocenters. The van der Waals surface area contributed by atoms with Crippen LogP contribution in [0.3, 0.4) is 0 Å². The molecular formula is C19H30N4O2S2. The van der Waals surface area contributed by atoms with Crippen LogP contribution in [0.5, 0.6) is 0 Å². The zero-order chi connectivity index (χ0) is 19.6. The number of fused-ring (bicyclic) bond motifs is 1. The molecule has 6 nitrogen and oxygen atoms in total. The van der Waals surface area contributed by atoms with Crippen LogP contribution in [0.4, 0.5) is 5.13 Å². The van der Waals surface area contributed by atoms with Crippen molar-refractivity contribution in [1.82, 2.24) is 15.2 Å². The lowest BCUT2D eigenvalue weighted by molar-refractivity contribution is -0.0778. The molecule has 0 radical (unpaired) electrons. The first kappa shape index (κ1) is 20.5. The Labute approximate surface area is 169 Å². The highest BCUT2D eigenvalue weighted by atomic mass is 32.1. The van der Waals surface area contributed by atoms with E-state index >= 15 is 0 Å². The molecule has 8 heteroatoms. The first-order chi connectivity index (χ1) is 12.9. The number of carbonyl (C=O) groups excluding carboxylic acids is 1. The number of rotatable bonds is 7. The normalized spacial score (nSPS) is 22.1. The first-order valence-electron chi connectivity index (χ1n) is 9.74. The Morgan fingerprint density at radius 2 is 2.00 bits per heavy atom. The molecule has 0 saturated carbocycles. The van der Waals surface area contributed by atoms with Crippen LogP contribution in [0.25, 0.3) is 9.53 Å². The van der Waals surface area contributed by atoms with Crippen LogP contribution in [-0.2, 0) is 4.74 Å². The van der Waals surface area contributed by atoms with E-state index in [1.165, 1.54) is 11.3 Å². The standard InChI is InChI=1S/C19H30N4O2S2/c1-6-22(7-2)19-21-18-16(27-19)8-15(26-18)17(24)20-9-12(3)23-10-13(4)25-14(5)11-23/h8,12-14H,6-7,9-11H2,1-5H3,(H,20,24)/t12-,13+,14+/m0/s1. The fourth-order valence-electron chi connectivity index (χ4n) is 3.50. The molecule has 1 fully saturated rings. The van der Waals surface area contributed by atoms with E-state index in [9.17, 15) is 4.79 Å². The number of hydrogen-bond acceptors (Lipinski definition) is 7. The number of carbonyl (C=O) groups is 1. The second-order valence-electron chi connectivity index (χ2n) is 7.22. The van der Waals surface area contributed by atoms with Crippen LogP contribution in [0.1, 0.15) is 44.3 Å². The van der Waals surface area contributed by atoms with Gasteiger partial charge in [-0.1, -0.05) is 11.3 Å². The quantitative estimate of drug-likeness (QED) is 0.758. The molecule has 1 saturated heterocycles. The lowest BCUT2D eigenvalue weighted by Crippen LogP contribution is -2.52. The van der Waals surface area contributed by atoms with E-state index in [-0.39, 0.29) is 24.2 Å². The van der Waals surface area contributed by atoms with E-state index in [0.717, 1.165) is 45.7 Å². The van der Waals surface area contributed by atoms with Gasteiger partial charge in [0.15, 0.2) is 5.13 Å². The van der Waals surface area contributed by atoms with Crippen molar-refractivity contribution in [2.45, 2.75) is 52.9 Å². The third-order valence-electron chi connectivity index (χ3n) is 4.97. The summed E-state index contributed by atoms with van der Waals surface area (Å²) in [7, 11) is 0. The smallest absolute Gasteiger partial charge is 0.261 e. The van der Waals surface area contributed by atoms with Crippen molar-refractivity contribution >= 4 is 43.2 Å². The average molecular weight is 411 g/mol.